The Labute approximate surface area is 274 Å². The van der Waals surface area contributed by atoms with Gasteiger partial charge >= 0.3 is 11.9 Å². The number of aliphatic hydroxyl groups excluding tert-OH is 2. The van der Waals surface area contributed by atoms with E-state index in [4.69, 9.17) is 23.7 Å². The van der Waals surface area contributed by atoms with E-state index in [9.17, 15) is 24.9 Å². The second kappa shape index (κ2) is 11.0. The molecule has 5 fully saturated rings. The number of ketones is 1. The summed E-state index contributed by atoms with van der Waals surface area (Å²) in [5.74, 6) is -5.76. The van der Waals surface area contributed by atoms with Crippen molar-refractivity contribution in [2.24, 2.45) is 17.8 Å². The zero-order chi connectivity index (χ0) is 33.6. The Kier molecular flexibility index (Phi) is 7.65. The van der Waals surface area contributed by atoms with Gasteiger partial charge in [-0.3, -0.25) is 4.79 Å². The number of aliphatic hydroxyl groups is 3. The van der Waals surface area contributed by atoms with Gasteiger partial charge in [0.2, 0.25) is 0 Å². The van der Waals surface area contributed by atoms with Crippen LogP contribution in [0.2, 0.25) is 0 Å². The predicted molar refractivity (Wildman–Crippen MR) is 169 cm³/mol. The minimum absolute atomic E-state index is 0.243. The second-order valence-electron chi connectivity index (χ2n) is 14.1. The Morgan fingerprint density at radius 1 is 1.13 bits per heavy atom. The number of fused-ring (bicyclic) bond motifs is 3. The summed E-state index contributed by atoms with van der Waals surface area (Å²) in [7, 11) is 0. The molecule has 1 aromatic rings. The van der Waals surface area contributed by atoms with Crippen LogP contribution in [0.25, 0.3) is 6.08 Å². The number of ether oxygens (including phenoxy) is 5. The topological polar surface area (TPSA) is 144 Å². The molecule has 3 N–H and O–H groups in total. The largest absolute Gasteiger partial charge is 0.455 e. The maximum atomic E-state index is 13.8. The van der Waals surface area contributed by atoms with Crippen molar-refractivity contribution in [3.8, 4) is 0 Å². The third-order valence-electron chi connectivity index (χ3n) is 11.5. The average molecular weight is 649 g/mol. The lowest BCUT2D eigenvalue weighted by atomic mass is 9.53. The number of epoxide rings is 1. The number of allylic oxidation sites excluding steroid dienone is 1. The van der Waals surface area contributed by atoms with Crippen LogP contribution >= 0.6 is 0 Å². The van der Waals surface area contributed by atoms with Gasteiger partial charge in [-0.05, 0) is 49.5 Å². The number of benzene rings is 1. The second-order valence-corrected chi connectivity index (χ2v) is 14.1. The molecule has 3 aliphatic heterocycles. The molecule has 0 radical (unpaired) electrons. The van der Waals surface area contributed by atoms with Gasteiger partial charge in [0.05, 0.1) is 12.2 Å². The van der Waals surface area contributed by atoms with Crippen molar-refractivity contribution in [3.63, 3.8) is 0 Å². The number of unbranched alkanes of at least 4 members (excludes halogenated alkanes) is 3. The van der Waals surface area contributed by atoms with Crippen LogP contribution in [-0.4, -0.2) is 86.5 Å². The van der Waals surface area contributed by atoms with Crippen LogP contribution in [0.5, 0.6) is 0 Å². The Balaban J connectivity index is 1.40. The number of Topliss-reactive ketones (excluding diaryl/α,β-unsaturated/α-hetero) is 1. The molecule has 3 saturated heterocycles. The molecule has 47 heavy (non-hydrogen) atoms. The van der Waals surface area contributed by atoms with Crippen molar-refractivity contribution in [2.75, 3.05) is 6.61 Å². The molecule has 7 rings (SSSR count). The molecule has 12 atom stereocenters. The molecule has 3 heterocycles. The quantitative estimate of drug-likeness (QED) is 0.113. The first-order valence-corrected chi connectivity index (χ1v) is 16.7. The lowest BCUT2D eigenvalue weighted by Gasteiger charge is -2.61. The highest BCUT2D eigenvalue weighted by Gasteiger charge is 2.90. The highest BCUT2D eigenvalue weighted by atomic mass is 16.9. The Bertz CT molecular complexity index is 1570. The summed E-state index contributed by atoms with van der Waals surface area (Å²) < 4.78 is 33.1. The number of carbonyl (C=O) groups is 2. The van der Waals surface area contributed by atoms with Crippen molar-refractivity contribution in [1.29, 1.82) is 0 Å². The lowest BCUT2D eigenvalue weighted by Crippen LogP contribution is -2.76. The van der Waals surface area contributed by atoms with E-state index in [0.717, 1.165) is 31.2 Å². The lowest BCUT2D eigenvalue weighted by molar-refractivity contribution is -0.407. The van der Waals surface area contributed by atoms with Crippen LogP contribution in [-0.2, 0) is 33.3 Å². The predicted octanol–water partition coefficient (Wildman–Crippen LogP) is 3.55. The zero-order valence-corrected chi connectivity index (χ0v) is 27.3. The van der Waals surface area contributed by atoms with Crippen molar-refractivity contribution >= 4 is 17.8 Å². The smallest absolute Gasteiger partial charge is 0.331 e. The summed E-state index contributed by atoms with van der Waals surface area (Å²) in [6, 6.07) is 9.34. The first-order valence-electron chi connectivity index (χ1n) is 16.7. The summed E-state index contributed by atoms with van der Waals surface area (Å²) in [4.78, 5) is 27.4. The molecular weight excluding hydrogens is 604 g/mol. The third kappa shape index (κ3) is 4.22. The summed E-state index contributed by atoms with van der Waals surface area (Å²) in [6.45, 7) is 11.0. The van der Waals surface area contributed by atoms with E-state index >= 15 is 0 Å². The molecule has 0 spiro atoms. The van der Waals surface area contributed by atoms with E-state index < -0.39 is 88.9 Å². The molecule has 10 heteroatoms. The van der Waals surface area contributed by atoms with E-state index in [-0.39, 0.29) is 5.57 Å². The zero-order valence-electron chi connectivity index (χ0n) is 27.3. The molecule has 10 nitrogen and oxygen atoms in total. The van der Waals surface area contributed by atoms with Gasteiger partial charge in [0.1, 0.15) is 30.0 Å². The van der Waals surface area contributed by atoms with Crippen molar-refractivity contribution in [1.82, 2.24) is 0 Å². The monoisotopic (exact) mass is 648 g/mol. The number of hydrogen-bond acceptors (Lipinski definition) is 10. The van der Waals surface area contributed by atoms with Crippen LogP contribution in [0.4, 0.5) is 0 Å². The molecule has 1 aromatic carbocycles. The van der Waals surface area contributed by atoms with Gasteiger partial charge in [0.15, 0.2) is 17.0 Å². The van der Waals surface area contributed by atoms with Crippen LogP contribution in [0.1, 0.15) is 58.9 Å². The molecule has 3 aliphatic carbocycles. The van der Waals surface area contributed by atoms with Crippen molar-refractivity contribution in [2.45, 2.75) is 106 Å². The van der Waals surface area contributed by atoms with Crippen molar-refractivity contribution in [3.05, 3.63) is 77.9 Å². The van der Waals surface area contributed by atoms with Crippen molar-refractivity contribution < 1.29 is 48.6 Å². The normalized spacial score (nSPS) is 45.8. The molecule has 0 amide bonds. The Morgan fingerprint density at radius 3 is 2.55 bits per heavy atom. The average Bonchev–Trinajstić information content (AvgIpc) is 3.68. The summed E-state index contributed by atoms with van der Waals surface area (Å²) in [5.41, 5.74) is -5.46. The number of esters is 1. The maximum Gasteiger partial charge on any atom is 0.331 e. The fourth-order valence-corrected chi connectivity index (χ4v) is 9.26. The number of hydrogen-bond donors (Lipinski definition) is 3. The van der Waals surface area contributed by atoms with E-state index in [1.54, 1.807) is 32.1 Å². The van der Waals surface area contributed by atoms with Gasteiger partial charge in [-0.2, -0.15) is 0 Å². The van der Waals surface area contributed by atoms with Gasteiger partial charge in [0.25, 0.3) is 0 Å². The molecular formula is C37H44O10. The van der Waals surface area contributed by atoms with E-state index in [2.05, 4.69) is 13.5 Å². The summed E-state index contributed by atoms with van der Waals surface area (Å²) in [6.07, 6.45) is 7.40. The molecule has 3 bridgehead atoms. The highest BCUT2D eigenvalue weighted by Crippen LogP contribution is 2.73. The first kappa shape index (κ1) is 32.6. The fraction of sp³-hybridized carbons (Fsp3) is 0.568. The fourth-order valence-electron chi connectivity index (χ4n) is 9.26. The van der Waals surface area contributed by atoms with Gasteiger partial charge in [0, 0.05) is 29.9 Å². The summed E-state index contributed by atoms with van der Waals surface area (Å²) >= 11 is 0. The highest BCUT2D eigenvalue weighted by molar-refractivity contribution is 6.05. The van der Waals surface area contributed by atoms with Crippen LogP contribution in [0.3, 0.4) is 0 Å². The maximum absolute atomic E-state index is 13.8. The molecule has 252 valence electrons. The van der Waals surface area contributed by atoms with Gasteiger partial charge < -0.3 is 39.0 Å². The van der Waals surface area contributed by atoms with Crippen LogP contribution in [0, 0.1) is 17.8 Å². The van der Waals surface area contributed by atoms with Gasteiger partial charge in [-0.1, -0.05) is 75.8 Å². The van der Waals surface area contributed by atoms with E-state index in [1.165, 1.54) is 6.08 Å². The Hall–Kier alpha value is -2.96. The molecule has 0 aromatic heterocycles. The van der Waals surface area contributed by atoms with Gasteiger partial charge in [-0.25, -0.2) is 4.79 Å². The van der Waals surface area contributed by atoms with Gasteiger partial charge in [-0.15, -0.1) is 0 Å². The summed E-state index contributed by atoms with van der Waals surface area (Å²) in [5, 5.41) is 34.9. The minimum Gasteiger partial charge on any atom is -0.455 e. The number of carbonyl (C=O) groups excluding carboxylic acids is 2. The molecule has 2 saturated carbocycles. The third-order valence-corrected chi connectivity index (χ3v) is 11.5. The number of rotatable bonds is 10. The molecule has 6 aliphatic rings. The minimum atomic E-state index is -2.40. The standard InChI is InChI=1S/C37H44O10/c1-6-7-8-9-13-18-34-45-31-27-30-33(20-38,44-30)32(41)35(42)25(19-22(4)28(35)40)37(27,47-34)23(5)29(36(31,46-34)21(2)3)43-26(39)17-16-24-14-11-10-12-15-24/h10-19,23,25,27,29-32,38,41-42H,2,6-9,20H2,1,3-5H3/b17-16+,18-13+/t23-,25-,27+,29-,30+,31-,32-,33+,34?,35-,36+,37+/m1/s1. The first-order chi connectivity index (χ1) is 22.4. The van der Waals surface area contributed by atoms with Crippen LogP contribution < -0.4 is 0 Å². The van der Waals surface area contributed by atoms with Crippen LogP contribution in [0.15, 0.2) is 72.4 Å². The molecule has 1 unspecified atom stereocenters. The Morgan fingerprint density at radius 2 is 1.87 bits per heavy atom. The van der Waals surface area contributed by atoms with E-state index in [1.807, 2.05) is 43.3 Å². The SMILES string of the molecule is C=C(C)[C@@]12OC3(/C=C/CCCCC)O[C@@H]1[C@@H]1[C@@H]4O[C@]4(CO)[C@@H](O)[C@]4(O)C(=O)C(C)=C[C@H]4[C@@]1(O3)[C@H](C)[C@H]2OC(=O)/C=C/c1ccccc1. The van der Waals surface area contributed by atoms with E-state index in [0.29, 0.717) is 5.57 Å².